The third-order valence-corrected chi connectivity index (χ3v) is 4.42. The van der Waals surface area contributed by atoms with E-state index >= 15 is 0 Å². The average molecular weight is 305 g/mol. The van der Waals surface area contributed by atoms with Crippen LogP contribution < -0.4 is 4.90 Å². The van der Waals surface area contributed by atoms with Crippen molar-refractivity contribution in [3.63, 3.8) is 0 Å². The molecule has 2 atom stereocenters. The maximum atomic E-state index is 13.0. The second kappa shape index (κ2) is 5.18. The number of fused-ring (bicyclic) bond motifs is 3. The van der Waals surface area contributed by atoms with Crippen LogP contribution in [0.2, 0.25) is 0 Å². The van der Waals surface area contributed by atoms with E-state index in [2.05, 4.69) is 0 Å². The number of rotatable bonds is 2. The molecule has 0 radical (unpaired) electrons. The minimum Gasteiger partial charge on any atom is -0.369 e. The predicted molar refractivity (Wildman–Crippen MR) is 87.3 cm³/mol. The summed E-state index contributed by atoms with van der Waals surface area (Å²) in [5.41, 5.74) is 2.67. The van der Waals surface area contributed by atoms with Gasteiger partial charge in [-0.1, -0.05) is 42.5 Å². The summed E-state index contributed by atoms with van der Waals surface area (Å²) < 4.78 is 5.31. The van der Waals surface area contributed by atoms with Crippen LogP contribution >= 0.6 is 0 Å². The Labute approximate surface area is 134 Å². The predicted octanol–water partition coefficient (Wildman–Crippen LogP) is 2.70. The van der Waals surface area contributed by atoms with Gasteiger partial charge in [0.1, 0.15) is 0 Å². The number of allylic oxidation sites excluding steroid dienone is 1. The molecule has 0 N–H and O–H groups in total. The summed E-state index contributed by atoms with van der Waals surface area (Å²) in [4.78, 5) is 27.0. The number of β-lactam (4-membered cyclic amide) rings is 1. The minimum atomic E-state index is -0.535. The van der Waals surface area contributed by atoms with E-state index in [0.717, 1.165) is 5.56 Å². The van der Waals surface area contributed by atoms with Gasteiger partial charge in [0.2, 0.25) is 0 Å². The molecule has 0 aromatic heterocycles. The molecular formula is C19H15NO3. The van der Waals surface area contributed by atoms with Crippen LogP contribution in [0.25, 0.3) is 5.57 Å². The number of nitrogens with zero attached hydrogens (tertiary/aromatic N) is 1. The Bertz CT molecular complexity index is 826. The Hall–Kier alpha value is -2.72. The van der Waals surface area contributed by atoms with Crippen molar-refractivity contribution in [2.75, 3.05) is 12.0 Å². The van der Waals surface area contributed by atoms with E-state index in [1.165, 1.54) is 7.11 Å². The van der Waals surface area contributed by atoms with Crippen LogP contribution in [0.4, 0.5) is 5.69 Å². The molecule has 23 heavy (non-hydrogen) atoms. The van der Waals surface area contributed by atoms with E-state index in [-0.39, 0.29) is 17.7 Å². The Kier molecular flexibility index (Phi) is 3.13. The van der Waals surface area contributed by atoms with E-state index in [0.29, 0.717) is 16.8 Å². The van der Waals surface area contributed by atoms with Crippen LogP contribution in [-0.2, 0) is 9.53 Å². The van der Waals surface area contributed by atoms with Gasteiger partial charge < -0.3 is 4.74 Å². The van der Waals surface area contributed by atoms with E-state index in [1.54, 1.807) is 11.0 Å². The van der Waals surface area contributed by atoms with Gasteiger partial charge in [-0.15, -0.1) is 0 Å². The fraction of sp³-hybridized carbons (Fsp3) is 0.158. The molecule has 2 aromatic rings. The molecule has 4 rings (SSSR count). The molecule has 114 valence electrons. The zero-order valence-corrected chi connectivity index (χ0v) is 12.6. The second-order valence-corrected chi connectivity index (χ2v) is 5.65. The molecule has 1 amide bonds. The van der Waals surface area contributed by atoms with Gasteiger partial charge in [0.15, 0.2) is 11.9 Å². The Morgan fingerprint density at radius 2 is 1.65 bits per heavy atom. The fourth-order valence-electron chi connectivity index (χ4n) is 3.28. The number of amides is 1. The first kappa shape index (κ1) is 13.9. The summed E-state index contributed by atoms with van der Waals surface area (Å²) in [5, 5.41) is 0. The Morgan fingerprint density at radius 1 is 0.957 bits per heavy atom. The molecule has 1 saturated heterocycles. The molecule has 1 fully saturated rings. The Balaban J connectivity index is 1.92. The molecule has 0 spiro atoms. The highest BCUT2D eigenvalue weighted by Crippen LogP contribution is 2.39. The number of para-hydroxylation sites is 1. The highest BCUT2D eigenvalue weighted by molar-refractivity contribution is 6.33. The van der Waals surface area contributed by atoms with Crippen molar-refractivity contribution in [1.82, 2.24) is 0 Å². The second-order valence-electron chi connectivity index (χ2n) is 5.65. The molecule has 0 unspecified atom stereocenters. The van der Waals surface area contributed by atoms with Gasteiger partial charge in [-0.3, -0.25) is 14.5 Å². The molecule has 4 nitrogen and oxygen atoms in total. The van der Waals surface area contributed by atoms with Crippen LogP contribution in [0.5, 0.6) is 0 Å². The van der Waals surface area contributed by atoms with E-state index < -0.39 is 6.10 Å². The number of hydrogen-bond acceptors (Lipinski definition) is 3. The average Bonchev–Trinajstić information content (AvgIpc) is 2.69. The maximum Gasteiger partial charge on any atom is 0.259 e. The number of ketones is 1. The number of ether oxygens (including phenoxy) is 1. The first-order chi connectivity index (χ1) is 11.2. The molecule has 2 aromatic carbocycles. The lowest BCUT2D eigenvalue weighted by Crippen LogP contribution is -2.65. The first-order valence-electron chi connectivity index (χ1n) is 7.49. The topological polar surface area (TPSA) is 46.6 Å². The maximum absolute atomic E-state index is 13.0. The lowest BCUT2D eigenvalue weighted by Gasteiger charge is -2.44. The molecule has 2 aliphatic heterocycles. The number of benzene rings is 2. The largest absolute Gasteiger partial charge is 0.369 e. The van der Waals surface area contributed by atoms with Crippen LogP contribution in [0.15, 0.2) is 60.7 Å². The third kappa shape index (κ3) is 1.95. The standard InChI is InChI=1S/C19H15NO3/c1-23-18-16-11-14(12-7-3-2-4-8-12)17(21)13-9-5-6-10-15(13)20(16)19(18)22/h2-11,16,18H,1H3/t16-,18-/m0/s1. The SMILES string of the molecule is CO[C@@H]1C(=O)N2c3ccccc3C(=O)C(c3ccccc3)=C[C@@H]12. The van der Waals surface area contributed by atoms with E-state index in [9.17, 15) is 9.59 Å². The zero-order chi connectivity index (χ0) is 16.0. The fourth-order valence-corrected chi connectivity index (χ4v) is 3.28. The lowest BCUT2D eigenvalue weighted by molar-refractivity contribution is -0.137. The highest BCUT2D eigenvalue weighted by Gasteiger charge is 2.50. The molecular weight excluding hydrogens is 290 g/mol. The van der Waals surface area contributed by atoms with Crippen LogP contribution in [0, 0.1) is 0 Å². The van der Waals surface area contributed by atoms with Gasteiger partial charge in [-0.2, -0.15) is 0 Å². The number of carbonyl (C=O) groups excluding carboxylic acids is 2. The molecule has 0 saturated carbocycles. The first-order valence-corrected chi connectivity index (χ1v) is 7.49. The smallest absolute Gasteiger partial charge is 0.259 e. The van der Waals surface area contributed by atoms with Crippen molar-refractivity contribution < 1.29 is 14.3 Å². The molecule has 2 heterocycles. The summed E-state index contributed by atoms with van der Waals surface area (Å²) >= 11 is 0. The highest BCUT2D eigenvalue weighted by atomic mass is 16.5. The van der Waals surface area contributed by atoms with Gasteiger partial charge >= 0.3 is 0 Å². The number of methoxy groups -OCH3 is 1. The number of anilines is 1. The van der Waals surface area contributed by atoms with Crippen LogP contribution in [0.1, 0.15) is 15.9 Å². The summed E-state index contributed by atoms with van der Waals surface area (Å²) in [6.45, 7) is 0. The van der Waals surface area contributed by atoms with Crippen molar-refractivity contribution in [2.24, 2.45) is 0 Å². The van der Waals surface area contributed by atoms with E-state index in [4.69, 9.17) is 4.74 Å². The minimum absolute atomic E-state index is 0.0659. The Morgan fingerprint density at radius 3 is 2.39 bits per heavy atom. The van der Waals surface area contributed by atoms with Gasteiger partial charge in [0.25, 0.3) is 5.91 Å². The van der Waals surface area contributed by atoms with E-state index in [1.807, 2.05) is 54.6 Å². The van der Waals surface area contributed by atoms with Crippen molar-refractivity contribution in [3.05, 3.63) is 71.8 Å². The van der Waals surface area contributed by atoms with Gasteiger partial charge in [0, 0.05) is 18.2 Å². The summed E-state index contributed by atoms with van der Waals surface area (Å²) in [6.07, 6.45) is 1.32. The van der Waals surface area contributed by atoms with Gasteiger partial charge in [0.05, 0.1) is 11.7 Å². The summed E-state index contributed by atoms with van der Waals surface area (Å²) in [5.74, 6) is -0.174. The van der Waals surface area contributed by atoms with Crippen LogP contribution in [-0.4, -0.2) is 30.9 Å². The van der Waals surface area contributed by atoms with Gasteiger partial charge in [-0.05, 0) is 23.8 Å². The van der Waals surface area contributed by atoms with Gasteiger partial charge in [-0.25, -0.2) is 0 Å². The molecule has 4 heteroatoms. The van der Waals surface area contributed by atoms with Crippen molar-refractivity contribution in [3.8, 4) is 0 Å². The third-order valence-electron chi connectivity index (χ3n) is 4.42. The summed E-state index contributed by atoms with van der Waals surface area (Å²) in [7, 11) is 1.52. The molecule has 0 bridgehead atoms. The van der Waals surface area contributed by atoms with Crippen molar-refractivity contribution in [2.45, 2.75) is 12.1 Å². The lowest BCUT2D eigenvalue weighted by atomic mass is 9.93. The van der Waals surface area contributed by atoms with Crippen molar-refractivity contribution in [1.29, 1.82) is 0 Å². The normalized spacial score (nSPS) is 22.7. The van der Waals surface area contributed by atoms with Crippen LogP contribution in [0.3, 0.4) is 0 Å². The monoisotopic (exact) mass is 305 g/mol. The number of Topliss-reactive ketones (excluding diaryl/α,β-unsaturated/α-hetero) is 1. The summed E-state index contributed by atoms with van der Waals surface area (Å²) in [6, 6.07) is 16.5. The number of carbonyl (C=O) groups is 2. The van der Waals surface area contributed by atoms with Crippen molar-refractivity contribution >= 4 is 23.0 Å². The molecule has 2 aliphatic rings. The quantitative estimate of drug-likeness (QED) is 0.801. The number of hydrogen-bond donors (Lipinski definition) is 0. The zero-order valence-electron chi connectivity index (χ0n) is 12.6. The molecule has 0 aliphatic carbocycles.